The number of aromatic nitrogens is 2. The van der Waals surface area contributed by atoms with Crippen LogP contribution in [0.25, 0.3) is 22.0 Å². The van der Waals surface area contributed by atoms with Gasteiger partial charge in [-0.2, -0.15) is 4.98 Å². The number of hydrogen-bond acceptors (Lipinski definition) is 4. The SMILES string of the molecule is CN(c1nc2cc(F)ccc2o1)C1CCc2c(CC(=O)O)c3ccc(F)cc3n2C1. The molecule has 1 unspecified atom stereocenters. The smallest absolute Gasteiger partial charge is 0.307 e. The third kappa shape index (κ3) is 2.99. The number of carboxylic acids is 1. The molecule has 8 heteroatoms. The van der Waals surface area contributed by atoms with E-state index >= 15 is 0 Å². The van der Waals surface area contributed by atoms with Crippen molar-refractivity contribution in [2.75, 3.05) is 11.9 Å². The molecule has 1 aliphatic heterocycles. The largest absolute Gasteiger partial charge is 0.481 e. The van der Waals surface area contributed by atoms with Crippen molar-refractivity contribution in [3.63, 3.8) is 0 Å². The summed E-state index contributed by atoms with van der Waals surface area (Å²) in [6.45, 7) is 0.540. The summed E-state index contributed by atoms with van der Waals surface area (Å²) in [5, 5.41) is 10.1. The van der Waals surface area contributed by atoms with E-state index in [2.05, 4.69) is 4.98 Å². The average Bonchev–Trinajstić information content (AvgIpc) is 3.26. The first-order chi connectivity index (χ1) is 14.4. The lowest BCUT2D eigenvalue weighted by molar-refractivity contribution is -0.136. The second kappa shape index (κ2) is 6.83. The Morgan fingerprint density at radius 2 is 2.03 bits per heavy atom. The van der Waals surface area contributed by atoms with Gasteiger partial charge in [-0.15, -0.1) is 0 Å². The lowest BCUT2D eigenvalue weighted by Crippen LogP contribution is -2.39. The fraction of sp³-hybridized carbons (Fsp3) is 0.273. The van der Waals surface area contributed by atoms with Gasteiger partial charge in [0.2, 0.25) is 0 Å². The molecule has 2 aromatic heterocycles. The molecule has 0 radical (unpaired) electrons. The Morgan fingerprint density at radius 3 is 2.83 bits per heavy atom. The average molecular weight is 411 g/mol. The molecule has 6 nitrogen and oxygen atoms in total. The topological polar surface area (TPSA) is 71.5 Å². The van der Waals surface area contributed by atoms with E-state index in [-0.39, 0.29) is 24.1 Å². The molecule has 0 amide bonds. The van der Waals surface area contributed by atoms with Crippen molar-refractivity contribution in [3.05, 3.63) is 59.3 Å². The molecule has 4 aromatic rings. The highest BCUT2D eigenvalue weighted by Gasteiger charge is 2.29. The second-order valence-electron chi connectivity index (χ2n) is 7.68. The van der Waals surface area contributed by atoms with Crippen LogP contribution in [0.15, 0.2) is 40.8 Å². The van der Waals surface area contributed by atoms with Crippen LogP contribution in [0.3, 0.4) is 0 Å². The predicted octanol–water partition coefficient (Wildman–Crippen LogP) is 4.14. The van der Waals surface area contributed by atoms with Crippen molar-refractivity contribution < 1.29 is 23.1 Å². The molecule has 30 heavy (non-hydrogen) atoms. The number of carbonyl (C=O) groups is 1. The van der Waals surface area contributed by atoms with Gasteiger partial charge in [-0.3, -0.25) is 4.79 Å². The maximum Gasteiger partial charge on any atom is 0.307 e. The number of rotatable bonds is 4. The summed E-state index contributed by atoms with van der Waals surface area (Å²) in [7, 11) is 1.86. The van der Waals surface area contributed by atoms with E-state index in [4.69, 9.17) is 4.42 Å². The van der Waals surface area contributed by atoms with E-state index in [1.165, 1.54) is 24.3 Å². The van der Waals surface area contributed by atoms with Crippen LogP contribution in [0.1, 0.15) is 17.7 Å². The zero-order chi connectivity index (χ0) is 21.0. The van der Waals surface area contributed by atoms with Gasteiger partial charge in [0.15, 0.2) is 5.58 Å². The zero-order valence-corrected chi connectivity index (χ0v) is 16.2. The van der Waals surface area contributed by atoms with E-state index in [0.29, 0.717) is 35.6 Å². The molecular weight excluding hydrogens is 392 g/mol. The van der Waals surface area contributed by atoms with Crippen molar-refractivity contribution in [3.8, 4) is 0 Å². The summed E-state index contributed by atoms with van der Waals surface area (Å²) in [5.74, 6) is -1.65. The minimum atomic E-state index is -0.910. The Morgan fingerprint density at radius 1 is 1.27 bits per heavy atom. The summed E-state index contributed by atoms with van der Waals surface area (Å²) < 4.78 is 35.2. The van der Waals surface area contributed by atoms with Crippen molar-refractivity contribution >= 4 is 34.0 Å². The Labute approximate surface area is 170 Å². The third-order valence-electron chi connectivity index (χ3n) is 5.87. The highest BCUT2D eigenvalue weighted by Crippen LogP contribution is 2.34. The quantitative estimate of drug-likeness (QED) is 0.547. The van der Waals surface area contributed by atoms with Crippen LogP contribution >= 0.6 is 0 Å². The minimum Gasteiger partial charge on any atom is -0.481 e. The van der Waals surface area contributed by atoms with Crippen LogP contribution < -0.4 is 4.90 Å². The van der Waals surface area contributed by atoms with Crippen LogP contribution in [0, 0.1) is 11.6 Å². The summed E-state index contributed by atoms with van der Waals surface area (Å²) in [6.07, 6.45) is 1.32. The summed E-state index contributed by atoms with van der Waals surface area (Å²) >= 11 is 0. The fourth-order valence-corrected chi connectivity index (χ4v) is 4.41. The first-order valence-corrected chi connectivity index (χ1v) is 9.71. The fourth-order valence-electron chi connectivity index (χ4n) is 4.41. The van der Waals surface area contributed by atoms with Crippen LogP contribution in [0.2, 0.25) is 0 Å². The van der Waals surface area contributed by atoms with Gasteiger partial charge >= 0.3 is 5.97 Å². The van der Waals surface area contributed by atoms with E-state index in [9.17, 15) is 18.7 Å². The van der Waals surface area contributed by atoms with E-state index in [1.54, 1.807) is 12.1 Å². The number of likely N-dealkylation sites (N-methyl/N-ethyl adjacent to an activating group) is 1. The van der Waals surface area contributed by atoms with E-state index in [0.717, 1.165) is 23.1 Å². The predicted molar refractivity (Wildman–Crippen MR) is 108 cm³/mol. The molecule has 1 atom stereocenters. The molecule has 0 fully saturated rings. The summed E-state index contributed by atoms with van der Waals surface area (Å²) in [6, 6.07) is 9.07. The number of benzene rings is 2. The number of hydrogen-bond donors (Lipinski definition) is 1. The van der Waals surface area contributed by atoms with Gasteiger partial charge in [0.1, 0.15) is 17.2 Å². The van der Waals surface area contributed by atoms with E-state index < -0.39 is 5.97 Å². The van der Waals surface area contributed by atoms with Gasteiger partial charge < -0.3 is 19.0 Å². The van der Waals surface area contributed by atoms with Crippen LogP contribution in [0.4, 0.5) is 14.8 Å². The lowest BCUT2D eigenvalue weighted by Gasteiger charge is -2.32. The highest BCUT2D eigenvalue weighted by atomic mass is 19.1. The number of oxazole rings is 1. The van der Waals surface area contributed by atoms with Gasteiger partial charge in [-0.05, 0) is 48.7 Å². The van der Waals surface area contributed by atoms with Crippen molar-refractivity contribution in [1.82, 2.24) is 9.55 Å². The number of aliphatic carboxylic acids is 1. The van der Waals surface area contributed by atoms with Gasteiger partial charge in [0.05, 0.1) is 18.0 Å². The minimum absolute atomic E-state index is 0.00644. The molecule has 0 saturated heterocycles. The zero-order valence-electron chi connectivity index (χ0n) is 16.2. The van der Waals surface area contributed by atoms with Gasteiger partial charge in [-0.25, -0.2) is 8.78 Å². The van der Waals surface area contributed by atoms with Crippen LogP contribution in [-0.2, 0) is 24.2 Å². The van der Waals surface area contributed by atoms with Crippen molar-refractivity contribution in [2.45, 2.75) is 31.8 Å². The molecule has 1 aliphatic rings. The number of nitrogens with zero attached hydrogens (tertiary/aromatic N) is 3. The normalized spacial score (nSPS) is 16.2. The Balaban J connectivity index is 1.52. The lowest BCUT2D eigenvalue weighted by atomic mass is 9.99. The molecule has 0 saturated carbocycles. The Kier molecular flexibility index (Phi) is 4.23. The Bertz CT molecular complexity index is 1290. The van der Waals surface area contributed by atoms with E-state index in [1.807, 2.05) is 16.5 Å². The number of halogens is 2. The maximum absolute atomic E-state index is 14.0. The number of carboxylic acid groups (broad SMARTS) is 1. The van der Waals surface area contributed by atoms with Gasteiger partial charge in [0, 0.05) is 30.7 Å². The molecule has 1 N–H and O–H groups in total. The standard InChI is InChI=1S/C22H19F2N3O3/c1-26(22-25-17-8-12(23)3-7-20(17)30-22)14-4-6-18-16(10-21(28)29)15-5-2-13(24)9-19(15)27(18)11-14/h2-3,5,7-9,14H,4,6,10-11H2,1H3,(H,28,29). The summed E-state index contributed by atoms with van der Waals surface area (Å²) in [4.78, 5) is 17.7. The monoisotopic (exact) mass is 411 g/mol. The van der Waals surface area contributed by atoms with Gasteiger partial charge in [0.25, 0.3) is 6.01 Å². The molecule has 5 rings (SSSR count). The van der Waals surface area contributed by atoms with Gasteiger partial charge in [-0.1, -0.05) is 0 Å². The second-order valence-corrected chi connectivity index (χ2v) is 7.68. The van der Waals surface area contributed by atoms with Crippen LogP contribution in [0.5, 0.6) is 0 Å². The molecule has 0 aliphatic carbocycles. The Hall–Kier alpha value is -3.42. The maximum atomic E-state index is 14.0. The van der Waals surface area contributed by atoms with Crippen LogP contribution in [-0.4, -0.2) is 33.7 Å². The van der Waals surface area contributed by atoms with Crippen molar-refractivity contribution in [1.29, 1.82) is 0 Å². The first kappa shape index (κ1) is 18.6. The number of fused-ring (bicyclic) bond motifs is 4. The molecule has 2 aromatic carbocycles. The number of anilines is 1. The molecule has 0 bridgehead atoms. The third-order valence-corrected chi connectivity index (χ3v) is 5.87. The molecular formula is C22H19F2N3O3. The first-order valence-electron chi connectivity index (χ1n) is 9.71. The van der Waals surface area contributed by atoms with Crippen molar-refractivity contribution in [2.24, 2.45) is 0 Å². The summed E-state index contributed by atoms with van der Waals surface area (Å²) in [5.41, 5.74) is 3.33. The highest BCUT2D eigenvalue weighted by molar-refractivity contribution is 5.89. The molecule has 0 spiro atoms. The molecule has 3 heterocycles. The molecule has 154 valence electrons.